The van der Waals surface area contributed by atoms with Crippen LogP contribution in [-0.4, -0.2) is 20.7 Å². The van der Waals surface area contributed by atoms with Crippen LogP contribution in [0.15, 0.2) is 24.3 Å². The topological polar surface area (TPSA) is 59.8 Å². The average Bonchev–Trinajstić information content (AvgIpc) is 3.11. The molecule has 4 rings (SSSR count). The molecule has 0 radical (unpaired) electrons. The maximum absolute atomic E-state index is 12.6. The smallest absolute Gasteiger partial charge is 0.234 e. The molecule has 5 nitrogen and oxygen atoms in total. The molecule has 0 spiro atoms. The predicted molar refractivity (Wildman–Crippen MR) is 79.2 cm³/mol. The van der Waals surface area contributed by atoms with Gasteiger partial charge in [0.15, 0.2) is 0 Å². The molecule has 1 saturated carbocycles. The molecular weight excluding hydrogens is 264 g/mol. The Morgan fingerprint density at radius 2 is 2.05 bits per heavy atom. The number of benzene rings is 1. The van der Waals surface area contributed by atoms with Crippen molar-refractivity contribution in [2.45, 2.75) is 44.6 Å². The van der Waals surface area contributed by atoms with Gasteiger partial charge in [0.1, 0.15) is 5.82 Å². The number of amides is 1. The zero-order chi connectivity index (χ0) is 14.4. The van der Waals surface area contributed by atoms with Crippen molar-refractivity contribution in [1.82, 2.24) is 14.8 Å². The van der Waals surface area contributed by atoms with Crippen molar-refractivity contribution in [2.75, 3.05) is 5.32 Å². The van der Waals surface area contributed by atoms with Crippen molar-refractivity contribution in [3.8, 4) is 0 Å². The number of hydrogen-bond acceptors (Lipinski definition) is 3. The van der Waals surface area contributed by atoms with E-state index < -0.39 is 0 Å². The molecular formula is C16H18N4O. The molecule has 0 saturated heterocycles. The molecule has 1 aromatic carbocycles. The maximum atomic E-state index is 12.6. The summed E-state index contributed by atoms with van der Waals surface area (Å²) in [6, 6.07) is 8.67. The lowest BCUT2D eigenvalue weighted by Gasteiger charge is -2.13. The van der Waals surface area contributed by atoms with Crippen molar-refractivity contribution in [3.63, 3.8) is 0 Å². The van der Waals surface area contributed by atoms with Crippen LogP contribution in [-0.2, 0) is 11.2 Å². The first kappa shape index (κ1) is 12.6. The van der Waals surface area contributed by atoms with Crippen LogP contribution >= 0.6 is 0 Å². The first-order chi connectivity index (χ1) is 10.2. The summed E-state index contributed by atoms with van der Waals surface area (Å²) in [6.07, 6.45) is 4.15. The van der Waals surface area contributed by atoms with Crippen LogP contribution in [0.1, 0.15) is 48.2 Å². The van der Waals surface area contributed by atoms with Gasteiger partial charge >= 0.3 is 0 Å². The quantitative estimate of drug-likeness (QED) is 0.941. The summed E-state index contributed by atoms with van der Waals surface area (Å²) < 4.78 is 2.05. The Balaban J connectivity index is 1.57. The minimum absolute atomic E-state index is 0.0363. The zero-order valence-electron chi connectivity index (χ0n) is 12.0. The van der Waals surface area contributed by atoms with E-state index in [4.69, 9.17) is 0 Å². The fraction of sp³-hybridized carbons (Fsp3) is 0.438. The van der Waals surface area contributed by atoms with E-state index in [0.717, 1.165) is 37.1 Å². The third kappa shape index (κ3) is 2.13. The lowest BCUT2D eigenvalue weighted by Crippen LogP contribution is -2.22. The molecule has 1 amide bonds. The summed E-state index contributed by atoms with van der Waals surface area (Å²) in [6.45, 7) is 1.94. The van der Waals surface area contributed by atoms with Crippen molar-refractivity contribution >= 4 is 11.9 Å². The molecule has 21 heavy (non-hydrogen) atoms. The van der Waals surface area contributed by atoms with E-state index in [1.807, 2.05) is 19.1 Å². The second kappa shape index (κ2) is 4.69. The Bertz CT molecular complexity index is 702. The lowest BCUT2D eigenvalue weighted by atomic mass is 10.0. The molecule has 2 aliphatic carbocycles. The highest BCUT2D eigenvalue weighted by Crippen LogP contribution is 2.38. The minimum atomic E-state index is -0.0640. The number of anilines is 1. The first-order valence-corrected chi connectivity index (χ1v) is 7.54. The monoisotopic (exact) mass is 282 g/mol. The molecule has 1 fully saturated rings. The van der Waals surface area contributed by atoms with Crippen molar-refractivity contribution in [2.24, 2.45) is 0 Å². The minimum Gasteiger partial charge on any atom is -0.294 e. The molecule has 0 bridgehead atoms. The van der Waals surface area contributed by atoms with Gasteiger partial charge in [0.05, 0.1) is 5.92 Å². The Morgan fingerprint density at radius 3 is 2.86 bits per heavy atom. The molecule has 1 heterocycles. The molecule has 5 heteroatoms. The summed E-state index contributed by atoms with van der Waals surface area (Å²) in [7, 11) is 0. The Morgan fingerprint density at radius 1 is 1.24 bits per heavy atom. The van der Waals surface area contributed by atoms with E-state index in [2.05, 4.69) is 32.2 Å². The van der Waals surface area contributed by atoms with Crippen molar-refractivity contribution in [1.29, 1.82) is 0 Å². The summed E-state index contributed by atoms with van der Waals surface area (Å²) in [5.41, 5.74) is 2.45. The Hall–Kier alpha value is -2.17. The van der Waals surface area contributed by atoms with Gasteiger partial charge in [-0.1, -0.05) is 24.3 Å². The number of rotatable bonds is 3. The van der Waals surface area contributed by atoms with Gasteiger partial charge in [0, 0.05) is 6.04 Å². The summed E-state index contributed by atoms with van der Waals surface area (Å²) in [5.74, 6) is 1.45. The number of aromatic nitrogens is 3. The molecule has 1 aromatic heterocycles. The van der Waals surface area contributed by atoms with E-state index >= 15 is 0 Å². The van der Waals surface area contributed by atoms with E-state index in [-0.39, 0.29) is 11.8 Å². The lowest BCUT2D eigenvalue weighted by molar-refractivity contribution is -0.117. The van der Waals surface area contributed by atoms with Gasteiger partial charge in [0.25, 0.3) is 0 Å². The Labute approximate surface area is 123 Å². The SMILES string of the molecule is Cc1nnc(NC(=O)C2CCc3ccccc32)n1C1CC1. The molecule has 2 aliphatic rings. The number of hydrogen-bond donors (Lipinski definition) is 1. The fourth-order valence-corrected chi connectivity index (χ4v) is 3.25. The standard InChI is InChI=1S/C16H18N4O/c1-10-18-19-16(20(10)12-7-8-12)17-15(21)14-9-6-11-4-2-3-5-13(11)14/h2-5,12,14H,6-9H2,1H3,(H,17,19,21). The van der Waals surface area contributed by atoms with Gasteiger partial charge in [-0.2, -0.15) is 0 Å². The molecule has 1 N–H and O–H groups in total. The number of aryl methyl sites for hydroxylation is 2. The van der Waals surface area contributed by atoms with Gasteiger partial charge in [-0.05, 0) is 43.7 Å². The summed E-state index contributed by atoms with van der Waals surface area (Å²) in [5, 5.41) is 11.2. The highest BCUT2D eigenvalue weighted by Gasteiger charge is 2.32. The van der Waals surface area contributed by atoms with Crippen LogP contribution in [0.4, 0.5) is 5.95 Å². The van der Waals surface area contributed by atoms with Crippen LogP contribution in [0.5, 0.6) is 0 Å². The van der Waals surface area contributed by atoms with Crippen LogP contribution in [0.25, 0.3) is 0 Å². The van der Waals surface area contributed by atoms with E-state index in [9.17, 15) is 4.79 Å². The van der Waals surface area contributed by atoms with Gasteiger partial charge in [-0.25, -0.2) is 0 Å². The van der Waals surface area contributed by atoms with E-state index in [1.54, 1.807) is 0 Å². The number of fused-ring (bicyclic) bond motifs is 1. The van der Waals surface area contributed by atoms with Gasteiger partial charge in [0.2, 0.25) is 11.9 Å². The van der Waals surface area contributed by atoms with E-state index in [1.165, 1.54) is 5.56 Å². The fourth-order valence-electron chi connectivity index (χ4n) is 3.25. The highest BCUT2D eigenvalue weighted by molar-refractivity contribution is 5.95. The molecule has 0 aliphatic heterocycles. The van der Waals surface area contributed by atoms with E-state index in [0.29, 0.717) is 12.0 Å². The van der Waals surface area contributed by atoms with Gasteiger partial charge in [-0.15, -0.1) is 10.2 Å². The first-order valence-electron chi connectivity index (χ1n) is 7.54. The van der Waals surface area contributed by atoms with Crippen LogP contribution in [0, 0.1) is 6.92 Å². The van der Waals surface area contributed by atoms with Crippen LogP contribution in [0.3, 0.4) is 0 Å². The zero-order valence-corrected chi connectivity index (χ0v) is 12.0. The largest absolute Gasteiger partial charge is 0.294 e. The molecule has 1 unspecified atom stereocenters. The normalized spacial score (nSPS) is 20.3. The second-order valence-corrected chi connectivity index (χ2v) is 5.95. The second-order valence-electron chi connectivity index (χ2n) is 5.95. The van der Waals surface area contributed by atoms with Crippen molar-refractivity contribution < 1.29 is 4.79 Å². The average molecular weight is 282 g/mol. The van der Waals surface area contributed by atoms with Crippen molar-refractivity contribution in [3.05, 3.63) is 41.2 Å². The molecule has 108 valence electrons. The summed E-state index contributed by atoms with van der Waals surface area (Å²) >= 11 is 0. The third-order valence-electron chi connectivity index (χ3n) is 4.46. The maximum Gasteiger partial charge on any atom is 0.234 e. The third-order valence-corrected chi connectivity index (χ3v) is 4.46. The van der Waals surface area contributed by atoms with Crippen LogP contribution < -0.4 is 5.32 Å². The number of carbonyl (C=O) groups excluding carboxylic acids is 1. The summed E-state index contributed by atoms with van der Waals surface area (Å²) in [4.78, 5) is 12.6. The molecule has 2 aromatic rings. The highest BCUT2D eigenvalue weighted by atomic mass is 16.2. The van der Waals surface area contributed by atoms with Gasteiger partial charge < -0.3 is 0 Å². The predicted octanol–water partition coefficient (Wildman–Crippen LogP) is 2.59. The van der Waals surface area contributed by atoms with Crippen LogP contribution in [0.2, 0.25) is 0 Å². The van der Waals surface area contributed by atoms with Gasteiger partial charge in [-0.3, -0.25) is 14.7 Å². The Kier molecular flexibility index (Phi) is 2.80. The number of nitrogens with zero attached hydrogens (tertiary/aromatic N) is 3. The number of nitrogens with one attached hydrogen (secondary N) is 1. The molecule has 1 atom stereocenters. The number of carbonyl (C=O) groups is 1.